The predicted molar refractivity (Wildman–Crippen MR) is 118 cm³/mol. The van der Waals surface area contributed by atoms with Gasteiger partial charge in [-0.2, -0.15) is 0 Å². The van der Waals surface area contributed by atoms with Crippen molar-refractivity contribution < 1.29 is 9.53 Å². The van der Waals surface area contributed by atoms with Gasteiger partial charge in [0.25, 0.3) is 5.56 Å². The Balaban J connectivity index is 1.92. The summed E-state index contributed by atoms with van der Waals surface area (Å²) in [7, 11) is 1.60. The fourth-order valence-corrected chi connectivity index (χ4v) is 4.17. The SMILES string of the molecule is CCc1ccc(CC)c(C(=O)CSc2nc3ccccc3c(=O)n2CCOC)c1. The number of benzene rings is 2. The molecule has 0 saturated heterocycles. The second-order valence-corrected chi connectivity index (χ2v) is 7.71. The Morgan fingerprint density at radius 1 is 1.14 bits per heavy atom. The molecule has 3 aromatic rings. The molecule has 0 N–H and O–H groups in total. The fraction of sp³-hybridized carbons (Fsp3) is 0.348. The number of para-hydroxylation sites is 1. The van der Waals surface area contributed by atoms with Gasteiger partial charge in [0.2, 0.25) is 0 Å². The zero-order valence-corrected chi connectivity index (χ0v) is 17.9. The number of ketones is 1. The van der Waals surface area contributed by atoms with Crippen LogP contribution in [0.25, 0.3) is 10.9 Å². The smallest absolute Gasteiger partial charge is 0.262 e. The van der Waals surface area contributed by atoms with Gasteiger partial charge in [-0.15, -0.1) is 0 Å². The quantitative estimate of drug-likeness (QED) is 0.301. The summed E-state index contributed by atoms with van der Waals surface area (Å²) in [6.07, 6.45) is 1.70. The molecule has 5 nitrogen and oxygen atoms in total. The maximum atomic E-state index is 13.0. The number of carbonyl (C=O) groups is 1. The van der Waals surface area contributed by atoms with Gasteiger partial charge in [-0.05, 0) is 42.2 Å². The van der Waals surface area contributed by atoms with Gasteiger partial charge in [0.1, 0.15) is 0 Å². The van der Waals surface area contributed by atoms with E-state index < -0.39 is 0 Å². The second-order valence-electron chi connectivity index (χ2n) is 6.77. The number of thioether (sulfide) groups is 1. The molecular weight excluding hydrogens is 384 g/mol. The van der Waals surface area contributed by atoms with Gasteiger partial charge in [-0.1, -0.05) is 49.9 Å². The van der Waals surface area contributed by atoms with E-state index in [4.69, 9.17) is 4.74 Å². The average Bonchev–Trinajstić information content (AvgIpc) is 2.76. The van der Waals surface area contributed by atoms with Crippen molar-refractivity contribution in [3.8, 4) is 0 Å². The Kier molecular flexibility index (Phi) is 7.23. The van der Waals surface area contributed by atoms with E-state index in [9.17, 15) is 9.59 Å². The lowest BCUT2D eigenvalue weighted by Crippen LogP contribution is -2.25. The highest BCUT2D eigenvalue weighted by molar-refractivity contribution is 7.99. The lowest BCUT2D eigenvalue weighted by atomic mass is 9.98. The van der Waals surface area contributed by atoms with Crippen molar-refractivity contribution in [1.29, 1.82) is 0 Å². The monoisotopic (exact) mass is 410 g/mol. The largest absolute Gasteiger partial charge is 0.383 e. The molecule has 0 atom stereocenters. The summed E-state index contributed by atoms with van der Waals surface area (Å²) >= 11 is 1.31. The second kappa shape index (κ2) is 9.85. The van der Waals surface area contributed by atoms with E-state index in [1.807, 2.05) is 30.3 Å². The summed E-state index contributed by atoms with van der Waals surface area (Å²) < 4.78 is 6.76. The molecular formula is C23H26N2O3S. The third-order valence-corrected chi connectivity index (χ3v) is 5.92. The molecule has 152 valence electrons. The first-order chi connectivity index (χ1) is 14.1. The molecule has 0 aliphatic rings. The number of carbonyl (C=O) groups excluding carboxylic acids is 1. The molecule has 0 spiro atoms. The van der Waals surface area contributed by atoms with E-state index in [0.29, 0.717) is 29.2 Å². The van der Waals surface area contributed by atoms with Crippen molar-refractivity contribution in [3.63, 3.8) is 0 Å². The molecule has 0 aliphatic heterocycles. The minimum absolute atomic E-state index is 0.0582. The number of ether oxygens (including phenoxy) is 1. The summed E-state index contributed by atoms with van der Waals surface area (Å²) in [6, 6.07) is 13.4. The Hall–Kier alpha value is -2.44. The minimum Gasteiger partial charge on any atom is -0.383 e. The molecule has 2 aromatic carbocycles. The Bertz CT molecular complexity index is 1080. The van der Waals surface area contributed by atoms with E-state index in [-0.39, 0.29) is 17.1 Å². The van der Waals surface area contributed by atoms with Crippen LogP contribution in [-0.4, -0.2) is 34.8 Å². The van der Waals surface area contributed by atoms with Crippen LogP contribution in [0.5, 0.6) is 0 Å². The van der Waals surface area contributed by atoms with Crippen LogP contribution < -0.4 is 5.56 Å². The van der Waals surface area contributed by atoms with Crippen molar-refractivity contribution in [2.24, 2.45) is 0 Å². The van der Waals surface area contributed by atoms with Crippen LogP contribution >= 0.6 is 11.8 Å². The topological polar surface area (TPSA) is 61.2 Å². The first-order valence-corrected chi connectivity index (χ1v) is 10.8. The zero-order chi connectivity index (χ0) is 20.8. The van der Waals surface area contributed by atoms with Crippen LogP contribution in [0, 0.1) is 0 Å². The summed E-state index contributed by atoms with van der Waals surface area (Å²) in [6.45, 7) is 4.94. The summed E-state index contributed by atoms with van der Waals surface area (Å²) in [5.41, 5.74) is 3.51. The molecule has 0 unspecified atom stereocenters. The lowest BCUT2D eigenvalue weighted by Gasteiger charge is -2.13. The van der Waals surface area contributed by atoms with Crippen molar-refractivity contribution in [1.82, 2.24) is 9.55 Å². The van der Waals surface area contributed by atoms with E-state index >= 15 is 0 Å². The normalized spacial score (nSPS) is 11.1. The Morgan fingerprint density at radius 3 is 2.66 bits per heavy atom. The highest BCUT2D eigenvalue weighted by Gasteiger charge is 2.16. The van der Waals surface area contributed by atoms with Gasteiger partial charge >= 0.3 is 0 Å². The number of aromatic nitrogens is 2. The van der Waals surface area contributed by atoms with Crippen LogP contribution in [0.2, 0.25) is 0 Å². The van der Waals surface area contributed by atoms with E-state index in [1.165, 1.54) is 11.8 Å². The molecule has 0 bridgehead atoms. The lowest BCUT2D eigenvalue weighted by molar-refractivity contribution is 0.102. The Morgan fingerprint density at radius 2 is 1.93 bits per heavy atom. The van der Waals surface area contributed by atoms with E-state index in [2.05, 4.69) is 24.9 Å². The van der Waals surface area contributed by atoms with E-state index in [1.54, 1.807) is 17.7 Å². The Labute approximate surface area is 175 Å². The summed E-state index contributed by atoms with van der Waals surface area (Å²) in [5.74, 6) is 0.292. The number of nitrogens with zero attached hydrogens (tertiary/aromatic N) is 2. The van der Waals surface area contributed by atoms with Gasteiger partial charge in [0, 0.05) is 12.7 Å². The van der Waals surface area contributed by atoms with Gasteiger partial charge < -0.3 is 4.74 Å². The molecule has 0 amide bonds. The molecule has 1 heterocycles. The average molecular weight is 411 g/mol. The third kappa shape index (κ3) is 4.77. The maximum Gasteiger partial charge on any atom is 0.262 e. The van der Waals surface area contributed by atoms with Crippen LogP contribution in [0.4, 0.5) is 0 Å². The van der Waals surface area contributed by atoms with Crippen LogP contribution in [0.3, 0.4) is 0 Å². The van der Waals surface area contributed by atoms with E-state index in [0.717, 1.165) is 29.5 Å². The molecule has 1 aromatic heterocycles. The third-order valence-electron chi connectivity index (χ3n) is 4.94. The number of Topliss-reactive ketones (excluding diaryl/α,β-unsaturated/α-hetero) is 1. The van der Waals surface area contributed by atoms with Gasteiger partial charge in [-0.25, -0.2) is 4.98 Å². The predicted octanol–water partition coefficient (Wildman–Crippen LogP) is 4.14. The molecule has 0 saturated carbocycles. The molecule has 0 aliphatic carbocycles. The number of fused-ring (bicyclic) bond motifs is 1. The molecule has 0 fully saturated rings. The molecule has 0 radical (unpaired) electrons. The highest BCUT2D eigenvalue weighted by atomic mass is 32.2. The minimum atomic E-state index is -0.107. The van der Waals surface area contributed by atoms with Gasteiger partial charge in [0.15, 0.2) is 10.9 Å². The summed E-state index contributed by atoms with van der Waals surface area (Å²) in [4.78, 5) is 30.6. The fourth-order valence-electron chi connectivity index (χ4n) is 3.26. The number of hydrogen-bond acceptors (Lipinski definition) is 5. The number of rotatable bonds is 9. The van der Waals surface area contributed by atoms with Crippen molar-refractivity contribution in [2.75, 3.05) is 19.5 Å². The van der Waals surface area contributed by atoms with Crippen LogP contribution in [-0.2, 0) is 24.1 Å². The number of aryl methyl sites for hydroxylation is 2. The van der Waals surface area contributed by atoms with Crippen molar-refractivity contribution >= 4 is 28.4 Å². The number of hydrogen-bond donors (Lipinski definition) is 0. The molecule has 3 rings (SSSR count). The zero-order valence-electron chi connectivity index (χ0n) is 17.1. The van der Waals surface area contributed by atoms with Crippen molar-refractivity contribution in [2.45, 2.75) is 38.4 Å². The van der Waals surface area contributed by atoms with Gasteiger partial charge in [0.05, 0.1) is 29.8 Å². The van der Waals surface area contributed by atoms with Gasteiger partial charge in [-0.3, -0.25) is 14.2 Å². The van der Waals surface area contributed by atoms with Crippen LogP contribution in [0.15, 0.2) is 52.4 Å². The maximum absolute atomic E-state index is 13.0. The van der Waals surface area contributed by atoms with Crippen molar-refractivity contribution in [3.05, 3.63) is 69.5 Å². The standard InChI is InChI=1S/C23H26N2O3S/c1-4-16-10-11-17(5-2)19(14-16)21(26)15-29-23-24-20-9-7-6-8-18(20)22(27)25(23)12-13-28-3/h6-11,14H,4-5,12-13,15H2,1-3H3. The first-order valence-electron chi connectivity index (χ1n) is 9.85. The number of methoxy groups -OCH3 is 1. The molecule has 6 heteroatoms. The molecule has 29 heavy (non-hydrogen) atoms. The highest BCUT2D eigenvalue weighted by Crippen LogP contribution is 2.21. The van der Waals surface area contributed by atoms with Crippen LogP contribution in [0.1, 0.15) is 35.3 Å². The first kappa shape index (κ1) is 21.3. The summed E-state index contributed by atoms with van der Waals surface area (Å²) in [5, 5.41) is 1.12.